The summed E-state index contributed by atoms with van der Waals surface area (Å²) in [4.78, 5) is 22.2. The van der Waals surface area contributed by atoms with Gasteiger partial charge in [-0.1, -0.05) is 29.5 Å². The summed E-state index contributed by atoms with van der Waals surface area (Å²) in [5.41, 5.74) is 0.852. The van der Waals surface area contributed by atoms with Gasteiger partial charge in [-0.15, -0.1) is 0 Å². The topological polar surface area (TPSA) is 69.4 Å². The number of thiophene rings is 1. The summed E-state index contributed by atoms with van der Waals surface area (Å²) in [6.07, 6.45) is 3.06. The number of ketones is 1. The van der Waals surface area contributed by atoms with Gasteiger partial charge in [0, 0.05) is 6.07 Å². The number of carbonyl (C=O) groups excluding carboxylic acids is 1. The monoisotopic (exact) mass is 289 g/mol. The van der Waals surface area contributed by atoms with Gasteiger partial charge in [-0.05, 0) is 29.8 Å². The van der Waals surface area contributed by atoms with Crippen molar-refractivity contribution in [3.8, 4) is 5.75 Å². The first kappa shape index (κ1) is 14.0. The number of carbonyl (C=O) groups is 1. The lowest BCUT2D eigenvalue weighted by atomic mass is 10.2. The molecule has 0 unspecified atom stereocenters. The number of hydrogen-bond donors (Lipinski definition) is 0. The second kappa shape index (κ2) is 6.12. The van der Waals surface area contributed by atoms with E-state index in [-0.39, 0.29) is 10.8 Å². The summed E-state index contributed by atoms with van der Waals surface area (Å²) in [6, 6.07) is 10.0. The van der Waals surface area contributed by atoms with Gasteiger partial charge in [0.15, 0.2) is 5.78 Å². The van der Waals surface area contributed by atoms with Crippen LogP contribution in [0.4, 0.5) is 5.00 Å². The first-order valence-corrected chi connectivity index (χ1v) is 6.52. The van der Waals surface area contributed by atoms with E-state index in [2.05, 4.69) is 0 Å². The SMILES string of the molecule is COc1ccc(C=CC(=O)c2ccc([N+](=O)[O-])s2)cc1. The fourth-order valence-electron chi connectivity index (χ4n) is 1.53. The number of nitrogens with zero attached hydrogens (tertiary/aromatic N) is 1. The molecule has 20 heavy (non-hydrogen) atoms. The van der Waals surface area contributed by atoms with E-state index in [1.165, 1.54) is 18.2 Å². The molecule has 0 aliphatic heterocycles. The van der Waals surface area contributed by atoms with Crippen molar-refractivity contribution in [2.24, 2.45) is 0 Å². The zero-order chi connectivity index (χ0) is 14.5. The minimum atomic E-state index is -0.505. The Morgan fingerprint density at radius 3 is 2.50 bits per heavy atom. The van der Waals surface area contributed by atoms with Gasteiger partial charge in [-0.3, -0.25) is 14.9 Å². The third-order valence-electron chi connectivity index (χ3n) is 2.56. The highest BCUT2D eigenvalue weighted by Crippen LogP contribution is 2.24. The van der Waals surface area contributed by atoms with Gasteiger partial charge in [0.2, 0.25) is 0 Å². The summed E-state index contributed by atoms with van der Waals surface area (Å²) < 4.78 is 5.04. The van der Waals surface area contributed by atoms with E-state index in [4.69, 9.17) is 4.74 Å². The van der Waals surface area contributed by atoms with Crippen molar-refractivity contribution in [2.45, 2.75) is 0 Å². The zero-order valence-corrected chi connectivity index (χ0v) is 11.4. The number of methoxy groups -OCH3 is 1. The molecule has 0 bridgehead atoms. The third-order valence-corrected chi connectivity index (χ3v) is 3.61. The van der Waals surface area contributed by atoms with Crippen molar-refractivity contribution in [3.63, 3.8) is 0 Å². The Morgan fingerprint density at radius 1 is 1.25 bits per heavy atom. The molecule has 5 nitrogen and oxygen atoms in total. The van der Waals surface area contributed by atoms with Gasteiger partial charge < -0.3 is 4.74 Å². The predicted octanol–water partition coefficient (Wildman–Crippen LogP) is 3.56. The molecule has 6 heteroatoms. The Hall–Kier alpha value is -2.47. The molecule has 0 radical (unpaired) electrons. The van der Waals surface area contributed by atoms with Gasteiger partial charge in [0.05, 0.1) is 16.9 Å². The molecule has 0 aliphatic rings. The predicted molar refractivity (Wildman–Crippen MR) is 77.3 cm³/mol. The van der Waals surface area contributed by atoms with Crippen LogP contribution in [0.2, 0.25) is 0 Å². The standard InChI is InChI=1S/C14H11NO4S/c1-19-11-5-2-10(3-6-11)4-7-12(16)13-8-9-14(20-13)15(17)18/h2-9H,1H3. The van der Waals surface area contributed by atoms with Crippen LogP contribution in [0, 0.1) is 10.1 Å². The molecule has 1 aromatic heterocycles. The van der Waals surface area contributed by atoms with Gasteiger partial charge in [0.1, 0.15) is 5.75 Å². The zero-order valence-electron chi connectivity index (χ0n) is 10.6. The van der Waals surface area contributed by atoms with Crippen LogP contribution < -0.4 is 4.74 Å². The fraction of sp³-hybridized carbons (Fsp3) is 0.0714. The number of rotatable bonds is 5. The Morgan fingerprint density at radius 2 is 1.95 bits per heavy atom. The molecule has 0 saturated carbocycles. The molecule has 0 amide bonds. The van der Waals surface area contributed by atoms with E-state index in [9.17, 15) is 14.9 Å². The van der Waals surface area contributed by atoms with E-state index < -0.39 is 4.92 Å². The van der Waals surface area contributed by atoms with Crippen molar-refractivity contribution in [2.75, 3.05) is 7.11 Å². The Balaban J connectivity index is 2.09. The molecule has 102 valence electrons. The number of hydrogen-bond acceptors (Lipinski definition) is 5. The van der Waals surface area contributed by atoms with Crippen LogP contribution in [0.25, 0.3) is 6.08 Å². The number of nitro groups is 1. The Labute approximate surface area is 119 Å². The maximum atomic E-state index is 11.9. The van der Waals surface area contributed by atoms with Crippen LogP contribution in [-0.4, -0.2) is 17.8 Å². The first-order valence-electron chi connectivity index (χ1n) is 5.71. The van der Waals surface area contributed by atoms with E-state index in [1.807, 2.05) is 12.1 Å². The molecule has 2 rings (SSSR count). The molecule has 2 aromatic rings. The lowest BCUT2D eigenvalue weighted by Gasteiger charge is -1.98. The molecule has 0 fully saturated rings. The number of ether oxygens (including phenoxy) is 1. The van der Waals surface area contributed by atoms with Gasteiger partial charge >= 0.3 is 5.00 Å². The summed E-state index contributed by atoms with van der Waals surface area (Å²) in [7, 11) is 1.58. The molecular weight excluding hydrogens is 278 g/mol. The smallest absolute Gasteiger partial charge is 0.324 e. The highest BCUT2D eigenvalue weighted by molar-refractivity contribution is 7.17. The van der Waals surface area contributed by atoms with Crippen LogP contribution in [-0.2, 0) is 0 Å². The van der Waals surface area contributed by atoms with Gasteiger partial charge in [0.25, 0.3) is 0 Å². The minimum Gasteiger partial charge on any atom is -0.497 e. The molecule has 0 aliphatic carbocycles. The van der Waals surface area contributed by atoms with Crippen LogP contribution >= 0.6 is 11.3 Å². The van der Waals surface area contributed by atoms with E-state index in [0.29, 0.717) is 4.88 Å². The normalized spacial score (nSPS) is 10.7. The third kappa shape index (κ3) is 3.30. The molecule has 1 heterocycles. The lowest BCUT2D eigenvalue weighted by molar-refractivity contribution is -0.380. The quantitative estimate of drug-likeness (QED) is 0.365. The maximum Gasteiger partial charge on any atom is 0.324 e. The highest BCUT2D eigenvalue weighted by atomic mass is 32.1. The van der Waals surface area contributed by atoms with Gasteiger partial charge in [-0.2, -0.15) is 0 Å². The van der Waals surface area contributed by atoms with Crippen molar-refractivity contribution in [1.82, 2.24) is 0 Å². The number of allylic oxidation sites excluding steroid dienone is 1. The van der Waals surface area contributed by atoms with E-state index >= 15 is 0 Å². The lowest BCUT2D eigenvalue weighted by Crippen LogP contribution is -1.89. The van der Waals surface area contributed by atoms with Crippen LogP contribution in [0.1, 0.15) is 15.2 Å². The Bertz CT molecular complexity index is 658. The van der Waals surface area contributed by atoms with E-state index in [0.717, 1.165) is 22.6 Å². The van der Waals surface area contributed by atoms with Crippen molar-refractivity contribution in [3.05, 3.63) is 63.0 Å². The second-order valence-corrected chi connectivity index (χ2v) is 4.93. The summed E-state index contributed by atoms with van der Waals surface area (Å²) in [5.74, 6) is 0.487. The largest absolute Gasteiger partial charge is 0.497 e. The van der Waals surface area contributed by atoms with E-state index in [1.54, 1.807) is 25.3 Å². The summed E-state index contributed by atoms with van der Waals surface area (Å²) >= 11 is 0.870. The summed E-state index contributed by atoms with van der Waals surface area (Å²) in [5, 5.41) is 10.5. The van der Waals surface area contributed by atoms with Crippen LogP contribution in [0.3, 0.4) is 0 Å². The van der Waals surface area contributed by atoms with Crippen molar-refractivity contribution >= 4 is 28.2 Å². The average molecular weight is 289 g/mol. The number of benzene rings is 1. The molecule has 0 spiro atoms. The van der Waals surface area contributed by atoms with Crippen LogP contribution in [0.15, 0.2) is 42.5 Å². The van der Waals surface area contributed by atoms with Crippen molar-refractivity contribution in [1.29, 1.82) is 0 Å². The first-order chi connectivity index (χ1) is 9.60. The maximum absolute atomic E-state index is 11.9. The summed E-state index contributed by atoms with van der Waals surface area (Å²) in [6.45, 7) is 0. The molecular formula is C14H11NO4S. The molecule has 1 aromatic carbocycles. The molecule has 0 saturated heterocycles. The molecule has 0 atom stereocenters. The van der Waals surface area contributed by atoms with Gasteiger partial charge in [-0.25, -0.2) is 0 Å². The van der Waals surface area contributed by atoms with Crippen LogP contribution in [0.5, 0.6) is 5.75 Å². The average Bonchev–Trinajstić information content (AvgIpc) is 2.95. The van der Waals surface area contributed by atoms with Crippen molar-refractivity contribution < 1.29 is 14.5 Å². The second-order valence-electron chi connectivity index (χ2n) is 3.87. The Kier molecular flexibility index (Phi) is 4.27. The fourth-order valence-corrected chi connectivity index (χ4v) is 2.27. The minimum absolute atomic E-state index is 0.0359. The molecule has 0 N–H and O–H groups in total. The highest BCUT2D eigenvalue weighted by Gasteiger charge is 2.13.